The van der Waals surface area contributed by atoms with E-state index in [1.54, 1.807) is 0 Å². The Hall–Kier alpha value is -1.88. The highest BCUT2D eigenvalue weighted by molar-refractivity contribution is 5.89. The molecule has 0 radical (unpaired) electrons. The molecule has 0 spiro atoms. The van der Waals surface area contributed by atoms with E-state index in [2.05, 4.69) is 5.32 Å². The molecule has 1 saturated carbocycles. The predicted octanol–water partition coefficient (Wildman–Crippen LogP) is 1.04. The van der Waals surface area contributed by atoms with Gasteiger partial charge in [-0.25, -0.2) is 0 Å². The molecule has 0 aromatic heterocycles. The summed E-state index contributed by atoms with van der Waals surface area (Å²) in [7, 11) is 0. The van der Waals surface area contributed by atoms with Crippen molar-refractivity contribution in [1.29, 1.82) is 0 Å². The summed E-state index contributed by atoms with van der Waals surface area (Å²) in [6.07, 6.45) is 0.450. The van der Waals surface area contributed by atoms with Crippen LogP contribution in [-0.4, -0.2) is 30.1 Å². The second-order valence-electron chi connectivity index (χ2n) is 4.62. The van der Waals surface area contributed by atoms with Gasteiger partial charge < -0.3 is 15.2 Å². The van der Waals surface area contributed by atoms with E-state index < -0.39 is 11.9 Å². The zero-order valence-corrected chi connectivity index (χ0v) is 10.5. The third-order valence-corrected chi connectivity index (χ3v) is 3.10. The molecule has 19 heavy (non-hydrogen) atoms. The van der Waals surface area contributed by atoms with E-state index in [-0.39, 0.29) is 11.8 Å². The standard InChI is InChI=1S/C14H17NO4/c16-13(11-8-12(11)14(17)18)15-6-7-19-9-10-4-2-1-3-5-10/h1-5,11-12H,6-9H2,(H,15,16)(H,17,18)/t11-,12-/m1/s1. The molecule has 5 heteroatoms. The van der Waals surface area contributed by atoms with E-state index in [4.69, 9.17) is 9.84 Å². The van der Waals surface area contributed by atoms with Crippen molar-refractivity contribution in [3.63, 3.8) is 0 Å². The lowest BCUT2D eigenvalue weighted by molar-refractivity contribution is -0.140. The van der Waals surface area contributed by atoms with E-state index in [9.17, 15) is 9.59 Å². The topological polar surface area (TPSA) is 75.6 Å². The Morgan fingerprint density at radius 2 is 2.00 bits per heavy atom. The van der Waals surface area contributed by atoms with Gasteiger partial charge in [0, 0.05) is 6.54 Å². The van der Waals surface area contributed by atoms with Crippen molar-refractivity contribution in [2.24, 2.45) is 11.8 Å². The number of carbonyl (C=O) groups is 2. The molecule has 0 bridgehead atoms. The molecule has 1 aliphatic carbocycles. The van der Waals surface area contributed by atoms with Gasteiger partial charge in [0.25, 0.3) is 0 Å². The highest BCUT2D eigenvalue weighted by Gasteiger charge is 2.48. The summed E-state index contributed by atoms with van der Waals surface area (Å²) < 4.78 is 5.41. The largest absolute Gasteiger partial charge is 0.481 e. The molecule has 2 atom stereocenters. The van der Waals surface area contributed by atoms with E-state index in [0.29, 0.717) is 26.2 Å². The van der Waals surface area contributed by atoms with Crippen molar-refractivity contribution in [3.05, 3.63) is 35.9 Å². The molecule has 1 amide bonds. The van der Waals surface area contributed by atoms with E-state index in [1.165, 1.54) is 0 Å². The second-order valence-corrected chi connectivity index (χ2v) is 4.62. The zero-order valence-electron chi connectivity index (χ0n) is 10.5. The number of nitrogens with one attached hydrogen (secondary N) is 1. The van der Waals surface area contributed by atoms with Gasteiger partial charge in [0.1, 0.15) is 0 Å². The molecule has 1 aromatic carbocycles. The Balaban J connectivity index is 1.55. The van der Waals surface area contributed by atoms with E-state index in [1.807, 2.05) is 30.3 Å². The van der Waals surface area contributed by atoms with Gasteiger partial charge in [-0.3, -0.25) is 9.59 Å². The number of rotatable bonds is 7. The van der Waals surface area contributed by atoms with Crippen LogP contribution in [0.5, 0.6) is 0 Å². The SMILES string of the molecule is O=C(O)[C@@H]1C[C@H]1C(=O)NCCOCc1ccccc1. The van der Waals surface area contributed by atoms with Gasteiger partial charge in [0.05, 0.1) is 25.0 Å². The average Bonchev–Trinajstić information content (AvgIpc) is 3.20. The van der Waals surface area contributed by atoms with Crippen LogP contribution in [0, 0.1) is 11.8 Å². The lowest BCUT2D eigenvalue weighted by Crippen LogP contribution is -2.29. The van der Waals surface area contributed by atoms with Crippen LogP contribution in [0.4, 0.5) is 0 Å². The summed E-state index contributed by atoms with van der Waals surface area (Å²) in [4.78, 5) is 22.1. The van der Waals surface area contributed by atoms with Gasteiger partial charge >= 0.3 is 5.97 Å². The molecule has 102 valence electrons. The molecule has 1 aromatic rings. The Kier molecular flexibility index (Phi) is 4.52. The maximum absolute atomic E-state index is 11.5. The number of ether oxygens (including phenoxy) is 1. The van der Waals surface area contributed by atoms with Crippen LogP contribution in [0.2, 0.25) is 0 Å². The first-order valence-corrected chi connectivity index (χ1v) is 6.30. The Bertz CT molecular complexity index is 446. The van der Waals surface area contributed by atoms with Crippen molar-refractivity contribution in [2.45, 2.75) is 13.0 Å². The van der Waals surface area contributed by atoms with Crippen molar-refractivity contribution in [3.8, 4) is 0 Å². The molecule has 2 N–H and O–H groups in total. The maximum atomic E-state index is 11.5. The molecule has 0 heterocycles. The highest BCUT2D eigenvalue weighted by atomic mass is 16.5. The third kappa shape index (κ3) is 4.06. The number of hydrogen-bond acceptors (Lipinski definition) is 3. The summed E-state index contributed by atoms with van der Waals surface area (Å²) in [5.41, 5.74) is 1.09. The number of aliphatic carboxylic acids is 1. The molecule has 2 rings (SSSR count). The lowest BCUT2D eigenvalue weighted by atomic mass is 10.2. The fraction of sp³-hybridized carbons (Fsp3) is 0.429. The number of benzene rings is 1. The smallest absolute Gasteiger partial charge is 0.307 e. The van der Waals surface area contributed by atoms with E-state index in [0.717, 1.165) is 5.56 Å². The first-order chi connectivity index (χ1) is 9.18. The summed E-state index contributed by atoms with van der Waals surface area (Å²) in [6, 6.07) is 9.78. The van der Waals surface area contributed by atoms with Crippen molar-refractivity contribution in [1.82, 2.24) is 5.32 Å². The Morgan fingerprint density at radius 3 is 2.63 bits per heavy atom. The fourth-order valence-corrected chi connectivity index (χ4v) is 1.90. The van der Waals surface area contributed by atoms with Crippen LogP contribution in [-0.2, 0) is 20.9 Å². The Morgan fingerprint density at radius 1 is 1.26 bits per heavy atom. The summed E-state index contributed by atoms with van der Waals surface area (Å²) in [5, 5.41) is 11.4. The number of carbonyl (C=O) groups excluding carboxylic acids is 1. The first-order valence-electron chi connectivity index (χ1n) is 6.30. The molecule has 0 unspecified atom stereocenters. The average molecular weight is 263 g/mol. The van der Waals surface area contributed by atoms with Crippen LogP contribution in [0.1, 0.15) is 12.0 Å². The van der Waals surface area contributed by atoms with Gasteiger partial charge in [-0.2, -0.15) is 0 Å². The first kappa shape index (κ1) is 13.5. The monoisotopic (exact) mass is 263 g/mol. The van der Waals surface area contributed by atoms with Crippen LogP contribution in [0.15, 0.2) is 30.3 Å². The van der Waals surface area contributed by atoms with Crippen LogP contribution in [0.3, 0.4) is 0 Å². The van der Waals surface area contributed by atoms with Crippen molar-refractivity contribution >= 4 is 11.9 Å². The van der Waals surface area contributed by atoms with Gasteiger partial charge in [-0.05, 0) is 12.0 Å². The fourth-order valence-electron chi connectivity index (χ4n) is 1.90. The molecule has 0 aliphatic heterocycles. The maximum Gasteiger partial charge on any atom is 0.307 e. The summed E-state index contributed by atoms with van der Waals surface area (Å²) in [5.74, 6) is -1.92. The summed E-state index contributed by atoms with van der Waals surface area (Å²) in [6.45, 7) is 1.34. The predicted molar refractivity (Wildman–Crippen MR) is 68.3 cm³/mol. The van der Waals surface area contributed by atoms with E-state index >= 15 is 0 Å². The highest BCUT2D eigenvalue weighted by Crippen LogP contribution is 2.38. The minimum absolute atomic E-state index is 0.185. The number of carboxylic acid groups (broad SMARTS) is 1. The van der Waals surface area contributed by atoms with Crippen LogP contribution < -0.4 is 5.32 Å². The molecular weight excluding hydrogens is 246 g/mol. The molecule has 1 fully saturated rings. The lowest BCUT2D eigenvalue weighted by Gasteiger charge is -2.06. The second kappa shape index (κ2) is 6.33. The minimum atomic E-state index is -0.888. The van der Waals surface area contributed by atoms with Crippen molar-refractivity contribution < 1.29 is 19.4 Å². The van der Waals surface area contributed by atoms with Crippen LogP contribution in [0.25, 0.3) is 0 Å². The van der Waals surface area contributed by atoms with Crippen LogP contribution >= 0.6 is 0 Å². The molecule has 1 aliphatic rings. The number of carboxylic acids is 1. The van der Waals surface area contributed by atoms with Gasteiger partial charge in [-0.1, -0.05) is 30.3 Å². The van der Waals surface area contributed by atoms with Crippen molar-refractivity contribution in [2.75, 3.05) is 13.2 Å². The molecule has 5 nitrogen and oxygen atoms in total. The third-order valence-electron chi connectivity index (χ3n) is 3.10. The van der Waals surface area contributed by atoms with Gasteiger partial charge in [0.15, 0.2) is 0 Å². The van der Waals surface area contributed by atoms with Gasteiger partial charge in [-0.15, -0.1) is 0 Å². The zero-order chi connectivity index (χ0) is 13.7. The summed E-state index contributed by atoms with van der Waals surface area (Å²) >= 11 is 0. The number of amides is 1. The quantitative estimate of drug-likeness (QED) is 0.721. The Labute approximate surface area is 111 Å². The number of hydrogen-bond donors (Lipinski definition) is 2. The molecular formula is C14H17NO4. The normalized spacial score (nSPS) is 20.8. The minimum Gasteiger partial charge on any atom is -0.481 e. The molecule has 0 saturated heterocycles. The van der Waals surface area contributed by atoms with Gasteiger partial charge in [0.2, 0.25) is 5.91 Å².